The van der Waals surface area contributed by atoms with Crippen LogP contribution in [0.3, 0.4) is 0 Å². The van der Waals surface area contributed by atoms with E-state index in [4.69, 9.17) is 14.6 Å². The molecule has 0 aromatic heterocycles. The lowest BCUT2D eigenvalue weighted by molar-refractivity contribution is -0.138. The van der Waals surface area contributed by atoms with Gasteiger partial charge in [-0.05, 0) is 19.5 Å². The molecule has 0 radical (unpaired) electrons. The predicted molar refractivity (Wildman–Crippen MR) is 69.9 cm³/mol. The molecule has 0 amide bonds. The highest BCUT2D eigenvalue weighted by Crippen LogP contribution is 1.85. The first kappa shape index (κ1) is 17.3. The number of carboxylic acid groups (broad SMARTS) is 1. The zero-order chi connectivity index (χ0) is 13.5. The van der Waals surface area contributed by atoms with E-state index in [0.29, 0.717) is 19.8 Å². The molecule has 0 aromatic rings. The highest BCUT2D eigenvalue weighted by molar-refractivity contribution is 5.66. The average Bonchev–Trinajstić information content (AvgIpc) is 2.34. The van der Waals surface area contributed by atoms with Crippen LogP contribution in [0.5, 0.6) is 0 Å². The van der Waals surface area contributed by atoms with E-state index in [2.05, 4.69) is 17.6 Å². The number of likely N-dealkylation sites (N-methyl/N-ethyl adjacent to an activating group) is 1. The second-order valence-corrected chi connectivity index (χ2v) is 3.83. The summed E-state index contributed by atoms with van der Waals surface area (Å²) in [7, 11) is 0. The molecule has 108 valence electrons. The Kier molecular flexibility index (Phi) is 13.8. The van der Waals surface area contributed by atoms with E-state index in [1.54, 1.807) is 0 Å². The SMILES string of the molecule is CCNCCNCCCOCCOCCC(=O)O. The zero-order valence-electron chi connectivity index (χ0n) is 11.2. The maximum absolute atomic E-state index is 10.2. The van der Waals surface area contributed by atoms with Crippen molar-refractivity contribution in [3.8, 4) is 0 Å². The van der Waals surface area contributed by atoms with Crippen LogP contribution in [0.25, 0.3) is 0 Å². The molecule has 0 aliphatic carbocycles. The van der Waals surface area contributed by atoms with Gasteiger partial charge < -0.3 is 25.2 Å². The summed E-state index contributed by atoms with van der Waals surface area (Å²) in [4.78, 5) is 10.2. The van der Waals surface area contributed by atoms with Crippen LogP contribution in [0.4, 0.5) is 0 Å². The largest absolute Gasteiger partial charge is 0.481 e. The van der Waals surface area contributed by atoms with Crippen molar-refractivity contribution in [1.82, 2.24) is 10.6 Å². The summed E-state index contributed by atoms with van der Waals surface area (Å²) in [5, 5.41) is 14.9. The van der Waals surface area contributed by atoms with E-state index in [9.17, 15) is 4.79 Å². The standard InChI is InChI=1S/C12H26N2O4/c1-2-13-6-7-14-5-3-8-17-10-11-18-9-4-12(15)16/h13-14H,2-11H2,1H3,(H,15,16). The first-order valence-electron chi connectivity index (χ1n) is 6.56. The molecular formula is C12H26N2O4. The molecule has 6 heteroatoms. The maximum atomic E-state index is 10.2. The second-order valence-electron chi connectivity index (χ2n) is 3.83. The number of carbonyl (C=O) groups is 1. The zero-order valence-corrected chi connectivity index (χ0v) is 11.2. The first-order chi connectivity index (χ1) is 8.77. The van der Waals surface area contributed by atoms with E-state index in [0.717, 1.165) is 32.6 Å². The normalized spacial score (nSPS) is 10.7. The number of hydrogen-bond donors (Lipinski definition) is 3. The summed E-state index contributed by atoms with van der Waals surface area (Å²) in [5.74, 6) is -0.834. The van der Waals surface area contributed by atoms with Crippen molar-refractivity contribution in [2.45, 2.75) is 19.8 Å². The lowest BCUT2D eigenvalue weighted by atomic mass is 10.4. The molecule has 0 saturated carbocycles. The summed E-state index contributed by atoms with van der Waals surface area (Å²) >= 11 is 0. The van der Waals surface area contributed by atoms with Crippen LogP contribution in [-0.4, -0.2) is 63.7 Å². The monoisotopic (exact) mass is 262 g/mol. The fourth-order valence-corrected chi connectivity index (χ4v) is 1.26. The first-order valence-corrected chi connectivity index (χ1v) is 6.56. The molecule has 0 aliphatic rings. The van der Waals surface area contributed by atoms with Crippen molar-refractivity contribution < 1.29 is 19.4 Å². The molecule has 0 aromatic carbocycles. The van der Waals surface area contributed by atoms with Crippen LogP contribution in [0.2, 0.25) is 0 Å². The van der Waals surface area contributed by atoms with Gasteiger partial charge in [0.1, 0.15) is 0 Å². The lowest BCUT2D eigenvalue weighted by Gasteiger charge is -2.06. The van der Waals surface area contributed by atoms with Crippen LogP contribution in [0, 0.1) is 0 Å². The minimum atomic E-state index is -0.834. The maximum Gasteiger partial charge on any atom is 0.305 e. The molecule has 3 N–H and O–H groups in total. The Balaban J connectivity index is 2.92. The molecule has 0 bridgehead atoms. The lowest BCUT2D eigenvalue weighted by Crippen LogP contribution is -2.28. The molecule has 0 aliphatic heterocycles. The highest BCUT2D eigenvalue weighted by Gasteiger charge is 1.96. The van der Waals surface area contributed by atoms with Crippen LogP contribution >= 0.6 is 0 Å². The highest BCUT2D eigenvalue weighted by atomic mass is 16.5. The Morgan fingerprint density at radius 3 is 2.33 bits per heavy atom. The molecule has 0 fully saturated rings. The van der Waals surface area contributed by atoms with E-state index < -0.39 is 5.97 Å². The minimum absolute atomic E-state index is 0.0513. The van der Waals surface area contributed by atoms with Crippen LogP contribution in [0.15, 0.2) is 0 Å². The predicted octanol–water partition coefficient (Wildman–Crippen LogP) is 0.0835. The minimum Gasteiger partial charge on any atom is -0.481 e. The molecule has 0 atom stereocenters. The molecule has 0 spiro atoms. The number of rotatable bonds is 14. The average molecular weight is 262 g/mol. The Bertz CT molecular complexity index is 191. The van der Waals surface area contributed by atoms with Gasteiger partial charge >= 0.3 is 5.97 Å². The molecule has 0 unspecified atom stereocenters. The van der Waals surface area contributed by atoms with Crippen molar-refractivity contribution in [2.75, 3.05) is 52.6 Å². The topological polar surface area (TPSA) is 79.8 Å². The number of aliphatic carboxylic acids is 1. The third-order valence-corrected chi connectivity index (χ3v) is 2.20. The molecule has 6 nitrogen and oxygen atoms in total. The smallest absolute Gasteiger partial charge is 0.305 e. The second kappa shape index (κ2) is 14.4. The van der Waals surface area contributed by atoms with E-state index >= 15 is 0 Å². The molecule has 18 heavy (non-hydrogen) atoms. The van der Waals surface area contributed by atoms with Crippen molar-refractivity contribution in [3.05, 3.63) is 0 Å². The van der Waals surface area contributed by atoms with Gasteiger partial charge in [-0.2, -0.15) is 0 Å². The van der Waals surface area contributed by atoms with Gasteiger partial charge in [-0.1, -0.05) is 6.92 Å². The van der Waals surface area contributed by atoms with Gasteiger partial charge in [0.25, 0.3) is 0 Å². The Hall–Kier alpha value is -0.690. The molecule has 0 rings (SSSR count). The fourth-order valence-electron chi connectivity index (χ4n) is 1.26. The van der Waals surface area contributed by atoms with Crippen molar-refractivity contribution in [1.29, 1.82) is 0 Å². The number of nitrogens with one attached hydrogen (secondary N) is 2. The summed E-state index contributed by atoms with van der Waals surface area (Å²) in [6.07, 6.45) is 1.02. The summed E-state index contributed by atoms with van der Waals surface area (Å²) in [6.45, 7) is 7.96. The van der Waals surface area contributed by atoms with Crippen molar-refractivity contribution >= 4 is 5.97 Å². The van der Waals surface area contributed by atoms with Gasteiger partial charge in [-0.15, -0.1) is 0 Å². The third-order valence-electron chi connectivity index (χ3n) is 2.20. The number of hydrogen-bond acceptors (Lipinski definition) is 5. The number of ether oxygens (including phenoxy) is 2. The Labute approximate surface area is 109 Å². The van der Waals surface area contributed by atoms with Gasteiger partial charge in [0, 0.05) is 19.7 Å². The quantitative estimate of drug-likeness (QED) is 0.385. The Morgan fingerprint density at radius 2 is 1.67 bits per heavy atom. The molecule has 0 heterocycles. The van der Waals surface area contributed by atoms with E-state index in [1.165, 1.54) is 0 Å². The van der Waals surface area contributed by atoms with Crippen molar-refractivity contribution in [2.24, 2.45) is 0 Å². The Morgan fingerprint density at radius 1 is 1.00 bits per heavy atom. The van der Waals surface area contributed by atoms with Crippen molar-refractivity contribution in [3.63, 3.8) is 0 Å². The van der Waals surface area contributed by atoms with E-state index in [1.807, 2.05) is 0 Å². The molecular weight excluding hydrogens is 236 g/mol. The third kappa shape index (κ3) is 15.3. The summed E-state index contributed by atoms with van der Waals surface area (Å²) in [5.41, 5.74) is 0. The van der Waals surface area contributed by atoms with Gasteiger partial charge in [0.05, 0.1) is 26.2 Å². The van der Waals surface area contributed by atoms with Gasteiger partial charge in [0.15, 0.2) is 0 Å². The van der Waals surface area contributed by atoms with Gasteiger partial charge in [-0.3, -0.25) is 4.79 Å². The van der Waals surface area contributed by atoms with Gasteiger partial charge in [-0.25, -0.2) is 0 Å². The van der Waals surface area contributed by atoms with Gasteiger partial charge in [0.2, 0.25) is 0 Å². The number of carboxylic acids is 1. The van der Waals surface area contributed by atoms with E-state index in [-0.39, 0.29) is 13.0 Å². The molecule has 0 saturated heterocycles. The van der Waals surface area contributed by atoms with Crippen LogP contribution < -0.4 is 10.6 Å². The van der Waals surface area contributed by atoms with Crippen LogP contribution in [0.1, 0.15) is 19.8 Å². The summed E-state index contributed by atoms with van der Waals surface area (Å²) < 4.78 is 10.4. The summed E-state index contributed by atoms with van der Waals surface area (Å²) in [6, 6.07) is 0. The fraction of sp³-hybridized carbons (Fsp3) is 0.917. The van der Waals surface area contributed by atoms with Crippen LogP contribution in [-0.2, 0) is 14.3 Å².